The number of hydrogen-bond donors (Lipinski definition) is 1. The van der Waals surface area contributed by atoms with E-state index >= 15 is 0 Å². The second kappa shape index (κ2) is 8.32. The fourth-order valence-electron chi connectivity index (χ4n) is 1.87. The van der Waals surface area contributed by atoms with Gasteiger partial charge in [0.2, 0.25) is 0 Å². The first kappa shape index (κ1) is 15.4. The second-order valence-electron chi connectivity index (χ2n) is 4.64. The third-order valence-electron chi connectivity index (χ3n) is 2.92. The van der Waals surface area contributed by atoms with Crippen molar-refractivity contribution in [1.82, 2.24) is 0 Å². The van der Waals surface area contributed by atoms with E-state index in [2.05, 4.69) is 12.2 Å². The Hall–Kier alpha value is -2.00. The first-order chi connectivity index (χ1) is 10.3. The topological polar surface area (TPSA) is 29.1 Å². The predicted molar refractivity (Wildman–Crippen MR) is 90.4 cm³/mol. The summed E-state index contributed by atoms with van der Waals surface area (Å²) in [5.74, 6) is -0.0218. The van der Waals surface area contributed by atoms with Gasteiger partial charge in [-0.25, -0.2) is 0 Å². The molecule has 0 spiro atoms. The van der Waals surface area contributed by atoms with Gasteiger partial charge in [-0.05, 0) is 36.1 Å². The van der Waals surface area contributed by atoms with E-state index in [1.165, 1.54) is 0 Å². The van der Waals surface area contributed by atoms with Gasteiger partial charge in [0, 0.05) is 16.2 Å². The third kappa shape index (κ3) is 5.12. The number of thioether (sulfide) groups is 1. The van der Waals surface area contributed by atoms with Crippen LogP contribution in [0.4, 0.5) is 5.69 Å². The van der Waals surface area contributed by atoms with Crippen molar-refractivity contribution in [2.75, 3.05) is 5.32 Å². The average molecular weight is 297 g/mol. The van der Waals surface area contributed by atoms with Crippen molar-refractivity contribution in [1.29, 1.82) is 0 Å². The van der Waals surface area contributed by atoms with Crippen LogP contribution in [-0.2, 0) is 4.79 Å². The van der Waals surface area contributed by atoms with Gasteiger partial charge in [0.1, 0.15) is 0 Å². The van der Waals surface area contributed by atoms with Crippen LogP contribution < -0.4 is 5.32 Å². The lowest BCUT2D eigenvalue weighted by Crippen LogP contribution is -2.14. The molecule has 2 nitrogen and oxygen atoms in total. The standard InChI is InChI=1S/C18H19NOS/c1-2-9-15(14-21-17-12-7-4-8-13-17)18(20)19-16-10-5-3-6-11-16/h3-8,10-14H,2,9H2,1H3,(H,19,20)/b15-14+. The van der Waals surface area contributed by atoms with Crippen LogP contribution >= 0.6 is 11.8 Å². The molecule has 0 bridgehead atoms. The molecule has 2 rings (SSSR count). The number of amides is 1. The molecule has 0 aliphatic rings. The highest BCUT2D eigenvalue weighted by Crippen LogP contribution is 2.22. The second-order valence-corrected chi connectivity index (χ2v) is 5.59. The molecular formula is C18H19NOS. The van der Waals surface area contributed by atoms with Crippen LogP contribution in [0.15, 0.2) is 76.5 Å². The summed E-state index contributed by atoms with van der Waals surface area (Å²) in [7, 11) is 0. The van der Waals surface area contributed by atoms with Crippen LogP contribution in [0.1, 0.15) is 19.8 Å². The van der Waals surface area contributed by atoms with E-state index < -0.39 is 0 Å². The molecular weight excluding hydrogens is 278 g/mol. The molecule has 0 saturated heterocycles. The smallest absolute Gasteiger partial charge is 0.252 e. The van der Waals surface area contributed by atoms with E-state index in [0.717, 1.165) is 29.0 Å². The first-order valence-electron chi connectivity index (χ1n) is 7.06. The van der Waals surface area contributed by atoms with Crippen molar-refractivity contribution >= 4 is 23.4 Å². The molecule has 1 N–H and O–H groups in total. The summed E-state index contributed by atoms with van der Waals surface area (Å²) in [4.78, 5) is 13.5. The molecule has 0 saturated carbocycles. The molecule has 0 heterocycles. The lowest BCUT2D eigenvalue weighted by atomic mass is 10.1. The number of nitrogens with one attached hydrogen (secondary N) is 1. The highest BCUT2D eigenvalue weighted by Gasteiger charge is 2.09. The number of hydrogen-bond acceptors (Lipinski definition) is 2. The van der Waals surface area contributed by atoms with Crippen molar-refractivity contribution in [2.45, 2.75) is 24.7 Å². The zero-order valence-electron chi connectivity index (χ0n) is 12.1. The first-order valence-corrected chi connectivity index (χ1v) is 7.94. The molecule has 21 heavy (non-hydrogen) atoms. The summed E-state index contributed by atoms with van der Waals surface area (Å²) in [6.45, 7) is 2.08. The van der Waals surface area contributed by atoms with Crippen molar-refractivity contribution in [3.8, 4) is 0 Å². The zero-order valence-corrected chi connectivity index (χ0v) is 12.9. The van der Waals surface area contributed by atoms with Crippen molar-refractivity contribution in [3.63, 3.8) is 0 Å². The van der Waals surface area contributed by atoms with Crippen molar-refractivity contribution in [3.05, 3.63) is 71.6 Å². The van der Waals surface area contributed by atoms with Crippen LogP contribution in [-0.4, -0.2) is 5.91 Å². The lowest BCUT2D eigenvalue weighted by Gasteiger charge is -2.08. The molecule has 0 aliphatic heterocycles. The quantitative estimate of drug-likeness (QED) is 0.593. The van der Waals surface area contributed by atoms with E-state index in [0.29, 0.717) is 0 Å². The highest BCUT2D eigenvalue weighted by molar-refractivity contribution is 8.02. The Kier molecular flexibility index (Phi) is 6.10. The average Bonchev–Trinajstić information content (AvgIpc) is 2.53. The molecule has 2 aromatic rings. The predicted octanol–water partition coefficient (Wildman–Crippen LogP) is 5.10. The minimum absolute atomic E-state index is 0.0218. The number of benzene rings is 2. The number of anilines is 1. The Morgan fingerprint density at radius 3 is 2.29 bits per heavy atom. The van der Waals surface area contributed by atoms with E-state index in [9.17, 15) is 4.79 Å². The highest BCUT2D eigenvalue weighted by atomic mass is 32.2. The van der Waals surface area contributed by atoms with E-state index in [1.807, 2.05) is 66.1 Å². The number of para-hydroxylation sites is 1. The third-order valence-corrected chi connectivity index (χ3v) is 3.87. The summed E-state index contributed by atoms with van der Waals surface area (Å²) >= 11 is 1.58. The normalized spacial score (nSPS) is 11.2. The van der Waals surface area contributed by atoms with Crippen LogP contribution in [0.5, 0.6) is 0 Å². The SMILES string of the molecule is CCC/C(=C\Sc1ccccc1)C(=O)Nc1ccccc1. The Morgan fingerprint density at radius 1 is 1.05 bits per heavy atom. The maximum atomic E-state index is 12.3. The zero-order chi connectivity index (χ0) is 14.9. The summed E-state index contributed by atoms with van der Waals surface area (Å²) < 4.78 is 0. The maximum absolute atomic E-state index is 12.3. The number of carbonyl (C=O) groups is 1. The van der Waals surface area contributed by atoms with Gasteiger partial charge >= 0.3 is 0 Å². The van der Waals surface area contributed by atoms with Crippen molar-refractivity contribution in [2.24, 2.45) is 0 Å². The molecule has 1 amide bonds. The molecule has 108 valence electrons. The molecule has 0 atom stereocenters. The van der Waals surface area contributed by atoms with Gasteiger partial charge in [-0.2, -0.15) is 0 Å². The minimum atomic E-state index is -0.0218. The number of carbonyl (C=O) groups excluding carboxylic acids is 1. The molecule has 0 aliphatic carbocycles. The summed E-state index contributed by atoms with van der Waals surface area (Å²) in [5, 5.41) is 4.90. The minimum Gasteiger partial charge on any atom is -0.322 e. The van der Waals surface area contributed by atoms with Gasteiger partial charge in [-0.15, -0.1) is 0 Å². The summed E-state index contributed by atoms with van der Waals surface area (Å²) in [6, 6.07) is 19.6. The summed E-state index contributed by atoms with van der Waals surface area (Å²) in [6.07, 6.45) is 1.72. The monoisotopic (exact) mass is 297 g/mol. The van der Waals surface area contributed by atoms with E-state index in [1.54, 1.807) is 11.8 Å². The lowest BCUT2D eigenvalue weighted by molar-refractivity contribution is -0.113. The van der Waals surface area contributed by atoms with Gasteiger partial charge < -0.3 is 5.32 Å². The Labute approximate surface area is 130 Å². The Morgan fingerprint density at radius 2 is 1.67 bits per heavy atom. The molecule has 0 unspecified atom stereocenters. The van der Waals surface area contributed by atoms with Gasteiger partial charge in [0.15, 0.2) is 0 Å². The van der Waals surface area contributed by atoms with E-state index in [4.69, 9.17) is 0 Å². The maximum Gasteiger partial charge on any atom is 0.252 e. The van der Waals surface area contributed by atoms with Crippen LogP contribution in [0.3, 0.4) is 0 Å². The molecule has 3 heteroatoms. The van der Waals surface area contributed by atoms with Gasteiger partial charge in [0.25, 0.3) is 5.91 Å². The van der Waals surface area contributed by atoms with Crippen LogP contribution in [0.2, 0.25) is 0 Å². The Balaban J connectivity index is 2.05. The largest absolute Gasteiger partial charge is 0.322 e. The molecule has 0 radical (unpaired) electrons. The van der Waals surface area contributed by atoms with Crippen molar-refractivity contribution < 1.29 is 4.79 Å². The molecule has 2 aromatic carbocycles. The van der Waals surface area contributed by atoms with Gasteiger partial charge in [-0.1, -0.05) is 61.5 Å². The Bertz CT molecular complexity index is 593. The molecule has 0 fully saturated rings. The molecule has 0 aromatic heterocycles. The summed E-state index contributed by atoms with van der Waals surface area (Å²) in [5.41, 5.74) is 1.64. The van der Waals surface area contributed by atoms with Gasteiger partial charge in [-0.3, -0.25) is 4.79 Å². The fraction of sp³-hybridized carbons (Fsp3) is 0.167. The van der Waals surface area contributed by atoms with Crippen LogP contribution in [0.25, 0.3) is 0 Å². The van der Waals surface area contributed by atoms with Crippen LogP contribution in [0, 0.1) is 0 Å². The fourth-order valence-corrected chi connectivity index (χ4v) is 2.68. The number of rotatable bonds is 6. The van der Waals surface area contributed by atoms with Gasteiger partial charge in [0.05, 0.1) is 0 Å². The van der Waals surface area contributed by atoms with E-state index in [-0.39, 0.29) is 5.91 Å².